The summed E-state index contributed by atoms with van der Waals surface area (Å²) in [6.07, 6.45) is 5.44. The minimum absolute atomic E-state index is 0.113. The van der Waals surface area contributed by atoms with Crippen molar-refractivity contribution < 1.29 is 33.0 Å². The fourth-order valence-electron chi connectivity index (χ4n) is 4.17. The van der Waals surface area contributed by atoms with Gasteiger partial charge in [-0.2, -0.15) is 0 Å². The average Bonchev–Trinajstić information content (AvgIpc) is 3.09. The summed E-state index contributed by atoms with van der Waals surface area (Å²) in [6, 6.07) is 8.34. The number of thioether (sulfide) groups is 1. The Labute approximate surface area is 234 Å². The lowest BCUT2D eigenvalue weighted by molar-refractivity contribution is -0.135. The van der Waals surface area contributed by atoms with Crippen LogP contribution in [-0.4, -0.2) is 66.1 Å². The normalized spacial score (nSPS) is 16.8. The van der Waals surface area contributed by atoms with Crippen molar-refractivity contribution in [3.05, 3.63) is 57.7 Å². The van der Waals surface area contributed by atoms with Gasteiger partial charge in [-0.15, -0.1) is 0 Å². The van der Waals surface area contributed by atoms with Crippen LogP contribution >= 0.6 is 23.4 Å². The Balaban J connectivity index is 1.42. The highest BCUT2D eigenvalue weighted by Crippen LogP contribution is 2.39. The van der Waals surface area contributed by atoms with Crippen LogP contribution in [0.25, 0.3) is 6.08 Å². The topological polar surface area (TPSA) is 105 Å². The van der Waals surface area contributed by atoms with Crippen LogP contribution in [0.1, 0.15) is 31.2 Å². The molecule has 2 saturated heterocycles. The third-order valence-corrected chi connectivity index (χ3v) is 7.34. The molecule has 4 rings (SSSR count). The van der Waals surface area contributed by atoms with Crippen molar-refractivity contribution in [1.82, 2.24) is 9.80 Å². The lowest BCUT2D eigenvalue weighted by Gasteiger charge is -2.22. The first-order valence-corrected chi connectivity index (χ1v) is 13.5. The highest BCUT2D eigenvalue weighted by atomic mass is 35.5. The first-order valence-electron chi connectivity index (χ1n) is 12.3. The molecule has 2 aromatic rings. The van der Waals surface area contributed by atoms with E-state index in [4.69, 9.17) is 21.1 Å². The quantitative estimate of drug-likeness (QED) is 0.444. The molecule has 0 spiro atoms. The number of carbonyl (C=O) groups is 4. The summed E-state index contributed by atoms with van der Waals surface area (Å²) < 4.78 is 24.0. The molecular weight excluding hydrogens is 549 g/mol. The number of carbonyl (C=O) groups excluding carboxylic acids is 4. The second-order valence-electron chi connectivity index (χ2n) is 8.94. The number of likely N-dealkylation sites (tertiary alicyclic amines) is 1. The summed E-state index contributed by atoms with van der Waals surface area (Å²) in [6.45, 7) is 0.576. The SMILES string of the molecule is COc1cc(C=C2SC(=O)N(CC(=O)N3CCCCCC3)C2=O)cc(Cl)c1OCC(=O)Nc1ccc(F)cc1. The number of halogens is 2. The fraction of sp³-hybridized carbons (Fsp3) is 0.333. The monoisotopic (exact) mass is 575 g/mol. The number of imide groups is 1. The molecule has 4 amide bonds. The molecule has 0 aromatic heterocycles. The average molecular weight is 576 g/mol. The molecule has 2 aliphatic heterocycles. The van der Waals surface area contributed by atoms with Crippen LogP contribution in [0.4, 0.5) is 14.9 Å². The van der Waals surface area contributed by atoms with Crippen molar-refractivity contribution in [2.75, 3.05) is 38.7 Å². The smallest absolute Gasteiger partial charge is 0.294 e. The van der Waals surface area contributed by atoms with E-state index >= 15 is 0 Å². The van der Waals surface area contributed by atoms with E-state index in [1.165, 1.54) is 43.5 Å². The Morgan fingerprint density at radius 3 is 2.46 bits per heavy atom. The summed E-state index contributed by atoms with van der Waals surface area (Å²) in [7, 11) is 1.39. The van der Waals surface area contributed by atoms with Gasteiger partial charge in [0, 0.05) is 18.8 Å². The van der Waals surface area contributed by atoms with E-state index in [0.717, 1.165) is 42.3 Å². The Bertz CT molecular complexity index is 1300. The first kappa shape index (κ1) is 28.4. The number of hydrogen-bond acceptors (Lipinski definition) is 7. The predicted molar refractivity (Wildman–Crippen MR) is 146 cm³/mol. The number of rotatable bonds is 8. The van der Waals surface area contributed by atoms with E-state index < -0.39 is 29.5 Å². The molecular formula is C27H27ClFN3O6S. The Hall–Kier alpha value is -3.57. The summed E-state index contributed by atoms with van der Waals surface area (Å²) in [5.41, 5.74) is 0.866. The lowest BCUT2D eigenvalue weighted by atomic mass is 10.1. The zero-order valence-electron chi connectivity index (χ0n) is 21.2. The van der Waals surface area contributed by atoms with Gasteiger partial charge < -0.3 is 19.7 Å². The van der Waals surface area contributed by atoms with Crippen molar-refractivity contribution >= 4 is 58.1 Å². The van der Waals surface area contributed by atoms with Crippen LogP contribution in [0.3, 0.4) is 0 Å². The molecule has 1 N–H and O–H groups in total. The number of nitrogens with one attached hydrogen (secondary N) is 1. The zero-order chi connectivity index (χ0) is 27.9. The Kier molecular flexibility index (Phi) is 9.47. The maximum Gasteiger partial charge on any atom is 0.294 e. The lowest BCUT2D eigenvalue weighted by Crippen LogP contribution is -2.42. The Morgan fingerprint density at radius 1 is 1.10 bits per heavy atom. The standard InChI is InChI=1S/C27H27ClFN3O6S/c1-37-21-13-17(12-20(28)25(21)38-16-23(33)30-19-8-6-18(29)7-9-19)14-22-26(35)32(27(36)39-22)15-24(34)31-10-4-2-3-5-11-31/h6-9,12-14H,2-5,10-11,15-16H2,1H3,(H,30,33). The van der Waals surface area contributed by atoms with Gasteiger partial charge in [0.15, 0.2) is 18.1 Å². The molecule has 0 bridgehead atoms. The molecule has 0 radical (unpaired) electrons. The van der Waals surface area contributed by atoms with E-state index in [1.807, 2.05) is 0 Å². The number of hydrogen-bond donors (Lipinski definition) is 1. The van der Waals surface area contributed by atoms with Gasteiger partial charge in [-0.25, -0.2) is 4.39 Å². The van der Waals surface area contributed by atoms with Gasteiger partial charge in [-0.3, -0.25) is 24.1 Å². The summed E-state index contributed by atoms with van der Waals surface area (Å²) >= 11 is 7.14. The van der Waals surface area contributed by atoms with Crippen molar-refractivity contribution in [2.45, 2.75) is 25.7 Å². The molecule has 39 heavy (non-hydrogen) atoms. The molecule has 0 unspecified atom stereocenters. The van der Waals surface area contributed by atoms with Crippen LogP contribution in [-0.2, 0) is 14.4 Å². The van der Waals surface area contributed by atoms with Crippen LogP contribution in [0.15, 0.2) is 41.3 Å². The van der Waals surface area contributed by atoms with Gasteiger partial charge in [-0.05, 0) is 72.6 Å². The van der Waals surface area contributed by atoms with Crippen molar-refractivity contribution in [3.8, 4) is 11.5 Å². The number of ether oxygens (including phenoxy) is 2. The number of methoxy groups -OCH3 is 1. The first-order chi connectivity index (χ1) is 18.7. The molecule has 0 saturated carbocycles. The molecule has 206 valence electrons. The van der Waals surface area contributed by atoms with Crippen LogP contribution < -0.4 is 14.8 Å². The van der Waals surface area contributed by atoms with Gasteiger partial charge in [0.1, 0.15) is 12.4 Å². The van der Waals surface area contributed by atoms with Gasteiger partial charge in [-0.1, -0.05) is 24.4 Å². The highest BCUT2D eigenvalue weighted by molar-refractivity contribution is 8.18. The molecule has 2 aliphatic rings. The van der Waals surface area contributed by atoms with Crippen LogP contribution in [0, 0.1) is 5.82 Å². The molecule has 9 nitrogen and oxygen atoms in total. The number of anilines is 1. The van der Waals surface area contributed by atoms with E-state index in [-0.39, 0.29) is 33.9 Å². The van der Waals surface area contributed by atoms with Crippen molar-refractivity contribution in [3.63, 3.8) is 0 Å². The second kappa shape index (κ2) is 13.0. The molecule has 2 heterocycles. The number of nitrogens with zero attached hydrogens (tertiary/aromatic N) is 2. The molecule has 0 atom stereocenters. The molecule has 2 aromatic carbocycles. The zero-order valence-corrected chi connectivity index (χ0v) is 22.8. The summed E-state index contributed by atoms with van der Waals surface area (Å²) in [5.74, 6) is -1.39. The van der Waals surface area contributed by atoms with Gasteiger partial charge in [0.05, 0.1) is 17.0 Å². The largest absolute Gasteiger partial charge is 0.493 e. The third kappa shape index (κ3) is 7.30. The Morgan fingerprint density at radius 2 is 1.79 bits per heavy atom. The summed E-state index contributed by atoms with van der Waals surface area (Å²) in [4.78, 5) is 53.3. The van der Waals surface area contributed by atoms with Gasteiger partial charge >= 0.3 is 0 Å². The highest BCUT2D eigenvalue weighted by Gasteiger charge is 2.37. The maximum atomic E-state index is 13.1. The maximum absolute atomic E-state index is 13.1. The molecule has 0 aliphatic carbocycles. The van der Waals surface area contributed by atoms with Gasteiger partial charge in [0.2, 0.25) is 5.91 Å². The van der Waals surface area contributed by atoms with E-state index in [1.54, 1.807) is 11.0 Å². The fourth-order valence-corrected chi connectivity index (χ4v) is 5.29. The van der Waals surface area contributed by atoms with Crippen molar-refractivity contribution in [2.24, 2.45) is 0 Å². The van der Waals surface area contributed by atoms with Gasteiger partial charge in [0.25, 0.3) is 17.1 Å². The van der Waals surface area contributed by atoms with E-state index in [9.17, 15) is 23.6 Å². The molecule has 12 heteroatoms. The summed E-state index contributed by atoms with van der Waals surface area (Å²) in [5, 5.41) is 2.18. The molecule has 2 fully saturated rings. The third-order valence-electron chi connectivity index (χ3n) is 6.15. The van der Waals surface area contributed by atoms with Crippen molar-refractivity contribution in [1.29, 1.82) is 0 Å². The van der Waals surface area contributed by atoms with E-state index in [2.05, 4.69) is 5.32 Å². The minimum atomic E-state index is -0.555. The predicted octanol–water partition coefficient (Wildman–Crippen LogP) is 4.94. The number of amides is 4. The second-order valence-corrected chi connectivity index (χ2v) is 10.3. The number of benzene rings is 2. The van der Waals surface area contributed by atoms with Crippen LogP contribution in [0.2, 0.25) is 5.02 Å². The minimum Gasteiger partial charge on any atom is -0.493 e. The van der Waals surface area contributed by atoms with Crippen LogP contribution in [0.5, 0.6) is 11.5 Å². The van der Waals surface area contributed by atoms with E-state index in [0.29, 0.717) is 24.3 Å².